The molecule has 1 aliphatic heterocycles. The smallest absolute Gasteiger partial charge is 0.240 e. The molecule has 0 aromatic rings. The highest BCUT2D eigenvalue weighted by molar-refractivity contribution is 6.30. The van der Waals surface area contributed by atoms with Crippen molar-refractivity contribution < 1.29 is 14.3 Å². The van der Waals surface area contributed by atoms with E-state index in [1.165, 1.54) is 0 Å². The van der Waals surface area contributed by atoms with Crippen LogP contribution >= 0.6 is 11.6 Å². The van der Waals surface area contributed by atoms with Crippen LogP contribution in [0.3, 0.4) is 0 Å². The number of alkyl halides is 1. The van der Waals surface area contributed by atoms with Gasteiger partial charge in [0, 0.05) is 26.8 Å². The number of carbonyl (C=O) groups is 1. The Labute approximate surface area is 102 Å². The lowest BCUT2D eigenvalue weighted by molar-refractivity contribution is -0.130. The minimum atomic E-state index is -0.433. The average Bonchev–Trinajstić information content (AvgIpc) is 2.70. The van der Waals surface area contributed by atoms with Crippen molar-refractivity contribution in [3.8, 4) is 0 Å². The number of halogens is 1. The van der Waals surface area contributed by atoms with Crippen molar-refractivity contribution in [3.63, 3.8) is 0 Å². The first kappa shape index (κ1) is 13.7. The topological polar surface area (TPSA) is 38.8 Å². The lowest BCUT2D eigenvalue weighted by Gasteiger charge is -2.18. The highest BCUT2D eigenvalue weighted by Crippen LogP contribution is 2.19. The molecule has 0 radical (unpaired) electrons. The van der Waals surface area contributed by atoms with E-state index in [0.29, 0.717) is 26.1 Å². The molecule has 1 amide bonds. The number of hydrogen-bond donors (Lipinski definition) is 0. The number of amides is 1. The van der Waals surface area contributed by atoms with Gasteiger partial charge in [0.15, 0.2) is 0 Å². The minimum absolute atomic E-state index is 0.0200. The van der Waals surface area contributed by atoms with Crippen molar-refractivity contribution in [2.75, 3.05) is 26.8 Å². The Kier molecular flexibility index (Phi) is 5.52. The number of ether oxygens (including phenoxy) is 2. The Morgan fingerprint density at radius 3 is 2.56 bits per heavy atom. The Bertz CT molecular complexity index is 237. The molecule has 4 nitrogen and oxygen atoms in total. The van der Waals surface area contributed by atoms with Crippen molar-refractivity contribution in [2.45, 2.75) is 37.9 Å². The molecule has 0 spiro atoms. The third kappa shape index (κ3) is 3.09. The van der Waals surface area contributed by atoms with E-state index < -0.39 is 5.38 Å². The number of likely N-dealkylation sites (tertiary alicyclic amines) is 1. The first-order chi connectivity index (χ1) is 7.63. The molecule has 1 heterocycles. The van der Waals surface area contributed by atoms with Crippen molar-refractivity contribution in [1.29, 1.82) is 0 Å². The van der Waals surface area contributed by atoms with E-state index in [1.54, 1.807) is 12.0 Å². The Morgan fingerprint density at radius 1 is 1.44 bits per heavy atom. The normalized spacial score (nSPS) is 27.1. The van der Waals surface area contributed by atoms with E-state index in [2.05, 4.69) is 0 Å². The van der Waals surface area contributed by atoms with E-state index in [-0.39, 0.29) is 18.1 Å². The van der Waals surface area contributed by atoms with Gasteiger partial charge in [0.05, 0.1) is 0 Å². The van der Waals surface area contributed by atoms with Gasteiger partial charge in [-0.3, -0.25) is 4.79 Å². The van der Waals surface area contributed by atoms with Gasteiger partial charge >= 0.3 is 0 Å². The summed E-state index contributed by atoms with van der Waals surface area (Å²) < 4.78 is 10.8. The summed E-state index contributed by atoms with van der Waals surface area (Å²) in [7, 11) is 1.64. The van der Waals surface area contributed by atoms with Crippen molar-refractivity contribution in [3.05, 3.63) is 0 Å². The van der Waals surface area contributed by atoms with E-state index in [9.17, 15) is 4.79 Å². The molecular weight excluding hydrogens is 230 g/mol. The van der Waals surface area contributed by atoms with Crippen LogP contribution in [-0.4, -0.2) is 55.2 Å². The highest BCUT2D eigenvalue weighted by atomic mass is 35.5. The molecule has 0 aromatic heterocycles. The molecule has 94 valence electrons. The number of carbonyl (C=O) groups excluding carboxylic acids is 1. The maximum atomic E-state index is 11.9. The number of rotatable bonds is 5. The maximum Gasteiger partial charge on any atom is 0.240 e. The highest BCUT2D eigenvalue weighted by Gasteiger charge is 2.37. The predicted octanol–water partition coefficient (Wildman–Crippen LogP) is 1.27. The molecule has 0 N–H and O–H groups in total. The van der Waals surface area contributed by atoms with Crippen LogP contribution in [0.15, 0.2) is 0 Å². The van der Waals surface area contributed by atoms with Gasteiger partial charge in [0.2, 0.25) is 5.91 Å². The zero-order chi connectivity index (χ0) is 12.1. The van der Waals surface area contributed by atoms with Crippen LogP contribution in [-0.2, 0) is 14.3 Å². The van der Waals surface area contributed by atoms with Gasteiger partial charge in [-0.25, -0.2) is 0 Å². The van der Waals surface area contributed by atoms with E-state index in [1.807, 2.05) is 13.8 Å². The summed E-state index contributed by atoms with van der Waals surface area (Å²) in [5.41, 5.74) is 0. The number of hydrogen-bond acceptors (Lipinski definition) is 3. The molecule has 16 heavy (non-hydrogen) atoms. The monoisotopic (exact) mass is 249 g/mol. The summed E-state index contributed by atoms with van der Waals surface area (Å²) in [5.74, 6) is -0.0200. The molecule has 0 saturated carbocycles. The first-order valence-corrected chi connectivity index (χ1v) is 6.14. The standard InChI is InChI=1S/C11H20ClNO3/c1-4-8(12)11(14)13-6-9(15-3)10(7-13)16-5-2/h8-10H,4-7H2,1-3H3/t8-,9-,10-/m1/s1. The van der Waals surface area contributed by atoms with Crippen LogP contribution in [0.4, 0.5) is 0 Å². The SMILES string of the molecule is CCO[C@@H]1CN(C(=O)[C@H](Cl)CC)C[C@H]1OC. The maximum absolute atomic E-state index is 11.9. The van der Waals surface area contributed by atoms with Crippen LogP contribution in [0.25, 0.3) is 0 Å². The molecule has 5 heteroatoms. The molecule has 1 aliphatic rings. The largest absolute Gasteiger partial charge is 0.377 e. The Morgan fingerprint density at radius 2 is 2.06 bits per heavy atom. The fraction of sp³-hybridized carbons (Fsp3) is 0.909. The van der Waals surface area contributed by atoms with Gasteiger partial charge in [-0.1, -0.05) is 6.92 Å². The summed E-state index contributed by atoms with van der Waals surface area (Å²) in [5, 5.41) is -0.433. The van der Waals surface area contributed by atoms with Crippen LogP contribution < -0.4 is 0 Å². The summed E-state index contributed by atoms with van der Waals surface area (Å²) in [6, 6.07) is 0. The van der Waals surface area contributed by atoms with E-state index >= 15 is 0 Å². The minimum Gasteiger partial charge on any atom is -0.377 e. The van der Waals surface area contributed by atoms with Gasteiger partial charge in [-0.2, -0.15) is 0 Å². The van der Waals surface area contributed by atoms with Gasteiger partial charge in [-0.05, 0) is 13.3 Å². The molecule has 0 bridgehead atoms. The fourth-order valence-corrected chi connectivity index (χ4v) is 2.04. The average molecular weight is 250 g/mol. The molecule has 0 aromatic carbocycles. The predicted molar refractivity (Wildman–Crippen MR) is 62.7 cm³/mol. The molecular formula is C11H20ClNO3. The molecule has 1 fully saturated rings. The van der Waals surface area contributed by atoms with Crippen molar-refractivity contribution in [1.82, 2.24) is 4.90 Å². The third-order valence-corrected chi connectivity index (χ3v) is 3.33. The summed E-state index contributed by atoms with van der Waals surface area (Å²) in [4.78, 5) is 13.6. The second-order valence-corrected chi connectivity index (χ2v) is 4.41. The van der Waals surface area contributed by atoms with Crippen LogP contribution in [0.2, 0.25) is 0 Å². The van der Waals surface area contributed by atoms with Gasteiger partial charge in [-0.15, -0.1) is 11.6 Å². The molecule has 0 unspecified atom stereocenters. The molecule has 3 atom stereocenters. The second-order valence-electron chi connectivity index (χ2n) is 3.89. The number of nitrogens with zero attached hydrogens (tertiary/aromatic N) is 1. The summed E-state index contributed by atoms with van der Waals surface area (Å²) in [6.07, 6.45) is 0.581. The first-order valence-electron chi connectivity index (χ1n) is 5.71. The van der Waals surface area contributed by atoms with E-state index in [4.69, 9.17) is 21.1 Å². The second kappa shape index (κ2) is 6.42. The number of methoxy groups -OCH3 is 1. The summed E-state index contributed by atoms with van der Waals surface area (Å²) >= 11 is 5.94. The van der Waals surface area contributed by atoms with Crippen molar-refractivity contribution in [2.24, 2.45) is 0 Å². The van der Waals surface area contributed by atoms with Gasteiger partial charge in [0.1, 0.15) is 17.6 Å². The third-order valence-electron chi connectivity index (χ3n) is 2.84. The lowest BCUT2D eigenvalue weighted by atomic mass is 10.2. The zero-order valence-electron chi connectivity index (χ0n) is 10.1. The summed E-state index contributed by atoms with van der Waals surface area (Å²) in [6.45, 7) is 5.62. The Hall–Kier alpha value is -0.320. The van der Waals surface area contributed by atoms with Gasteiger partial charge in [0.25, 0.3) is 0 Å². The Balaban J connectivity index is 2.56. The lowest BCUT2D eigenvalue weighted by Crippen LogP contribution is -2.35. The van der Waals surface area contributed by atoms with Crippen molar-refractivity contribution >= 4 is 17.5 Å². The molecule has 1 saturated heterocycles. The quantitative estimate of drug-likeness (QED) is 0.689. The molecule has 1 rings (SSSR count). The van der Waals surface area contributed by atoms with Gasteiger partial charge < -0.3 is 14.4 Å². The zero-order valence-corrected chi connectivity index (χ0v) is 10.9. The van der Waals surface area contributed by atoms with Crippen LogP contribution in [0.1, 0.15) is 20.3 Å². The van der Waals surface area contributed by atoms with Crippen LogP contribution in [0.5, 0.6) is 0 Å². The molecule has 0 aliphatic carbocycles. The fourth-order valence-electron chi connectivity index (χ4n) is 1.90. The van der Waals surface area contributed by atoms with Crippen LogP contribution in [0, 0.1) is 0 Å². The van der Waals surface area contributed by atoms with E-state index in [0.717, 1.165) is 0 Å².